The van der Waals surface area contributed by atoms with E-state index in [0.717, 1.165) is 19.2 Å². The number of nitriles is 1. The third-order valence-electron chi connectivity index (χ3n) is 3.30. The number of likely N-dealkylation sites (N-methyl/N-ethyl adjacent to an activating group) is 1. The lowest BCUT2D eigenvalue weighted by Crippen LogP contribution is -2.57. The van der Waals surface area contributed by atoms with Gasteiger partial charge in [0.25, 0.3) is 0 Å². The van der Waals surface area contributed by atoms with Crippen molar-refractivity contribution in [3.63, 3.8) is 0 Å². The van der Waals surface area contributed by atoms with Crippen molar-refractivity contribution >= 4 is 5.69 Å². The van der Waals surface area contributed by atoms with Gasteiger partial charge in [0.05, 0.1) is 23.2 Å². The molecule has 3 nitrogen and oxygen atoms in total. The second-order valence-electron chi connectivity index (χ2n) is 4.44. The van der Waals surface area contributed by atoms with Crippen LogP contribution in [-0.2, 0) is 6.18 Å². The Balaban J connectivity index is 2.39. The lowest BCUT2D eigenvalue weighted by Gasteiger charge is -2.39. The van der Waals surface area contributed by atoms with Gasteiger partial charge in [-0.2, -0.15) is 18.4 Å². The molecule has 1 aliphatic rings. The Hall–Kier alpha value is -1.74. The highest BCUT2D eigenvalue weighted by Gasteiger charge is 2.35. The van der Waals surface area contributed by atoms with Crippen LogP contribution in [0.4, 0.5) is 18.9 Å². The normalized spacial score (nSPS) is 15.7. The fourth-order valence-electron chi connectivity index (χ4n) is 2.19. The van der Waals surface area contributed by atoms with E-state index in [-0.39, 0.29) is 11.6 Å². The summed E-state index contributed by atoms with van der Waals surface area (Å²) in [6, 6.07) is 5.71. The molecule has 1 saturated heterocycles. The fraction of sp³-hybridized carbons (Fsp3) is 0.462. The van der Waals surface area contributed by atoms with Gasteiger partial charge in [-0.15, -0.1) is 0 Å². The van der Waals surface area contributed by atoms with Crippen LogP contribution in [0.1, 0.15) is 18.1 Å². The maximum absolute atomic E-state index is 12.9. The summed E-state index contributed by atoms with van der Waals surface area (Å²) in [5, 5.41) is 11.9. The van der Waals surface area contributed by atoms with E-state index >= 15 is 0 Å². The monoisotopic (exact) mass is 269 g/mol. The third-order valence-corrected chi connectivity index (χ3v) is 3.30. The first-order valence-corrected chi connectivity index (χ1v) is 6.06. The molecule has 0 aliphatic carbocycles. The van der Waals surface area contributed by atoms with E-state index in [1.54, 1.807) is 12.1 Å². The van der Waals surface area contributed by atoms with E-state index in [9.17, 15) is 13.2 Å². The van der Waals surface area contributed by atoms with Crippen LogP contribution in [0.3, 0.4) is 0 Å². The van der Waals surface area contributed by atoms with Gasteiger partial charge >= 0.3 is 6.18 Å². The van der Waals surface area contributed by atoms with Gasteiger partial charge in [0, 0.05) is 25.3 Å². The maximum Gasteiger partial charge on any atom is 0.417 e. The van der Waals surface area contributed by atoms with Crippen LogP contribution in [0.25, 0.3) is 0 Å². The molecule has 0 amide bonds. The second kappa shape index (κ2) is 5.10. The minimum absolute atomic E-state index is 0.221. The fourth-order valence-corrected chi connectivity index (χ4v) is 2.19. The van der Waals surface area contributed by atoms with Gasteiger partial charge in [0.2, 0.25) is 0 Å². The molecule has 19 heavy (non-hydrogen) atoms. The molecule has 1 heterocycles. The molecule has 1 aliphatic heterocycles. The summed E-state index contributed by atoms with van der Waals surface area (Å²) in [5.41, 5.74) is -0.683. The van der Waals surface area contributed by atoms with E-state index in [2.05, 4.69) is 5.32 Å². The van der Waals surface area contributed by atoms with Crippen LogP contribution in [0, 0.1) is 11.3 Å². The van der Waals surface area contributed by atoms with E-state index in [4.69, 9.17) is 5.26 Å². The van der Waals surface area contributed by atoms with Gasteiger partial charge < -0.3 is 10.2 Å². The van der Waals surface area contributed by atoms with Crippen molar-refractivity contribution in [3.8, 4) is 6.07 Å². The van der Waals surface area contributed by atoms with Gasteiger partial charge in [-0.25, -0.2) is 0 Å². The van der Waals surface area contributed by atoms with Gasteiger partial charge in [-0.05, 0) is 25.1 Å². The minimum Gasteiger partial charge on any atom is -0.366 e. The number of nitrogens with zero attached hydrogens (tertiary/aromatic N) is 2. The van der Waals surface area contributed by atoms with Crippen LogP contribution in [0.5, 0.6) is 0 Å². The van der Waals surface area contributed by atoms with Crippen molar-refractivity contribution in [2.24, 2.45) is 0 Å². The van der Waals surface area contributed by atoms with Crippen LogP contribution in [0.15, 0.2) is 18.2 Å². The van der Waals surface area contributed by atoms with E-state index in [1.165, 1.54) is 6.07 Å². The Morgan fingerprint density at radius 1 is 1.42 bits per heavy atom. The molecule has 1 fully saturated rings. The van der Waals surface area contributed by atoms with Gasteiger partial charge in [-0.1, -0.05) is 0 Å². The summed E-state index contributed by atoms with van der Waals surface area (Å²) in [4.78, 5) is 1.92. The highest BCUT2D eigenvalue weighted by Crippen LogP contribution is 2.34. The molecule has 1 aromatic rings. The number of hydrogen-bond donors (Lipinski definition) is 1. The maximum atomic E-state index is 12.9. The average Bonchev–Trinajstić information content (AvgIpc) is 2.31. The van der Waals surface area contributed by atoms with Crippen LogP contribution in [0.2, 0.25) is 0 Å². The highest BCUT2D eigenvalue weighted by atomic mass is 19.4. The Morgan fingerprint density at radius 3 is 2.53 bits per heavy atom. The molecular weight excluding hydrogens is 255 g/mol. The zero-order chi connectivity index (χ0) is 14.0. The molecule has 1 aromatic carbocycles. The molecule has 0 unspecified atom stereocenters. The molecule has 0 atom stereocenters. The largest absolute Gasteiger partial charge is 0.417 e. The summed E-state index contributed by atoms with van der Waals surface area (Å²) < 4.78 is 38.7. The highest BCUT2D eigenvalue weighted by molar-refractivity contribution is 5.55. The van der Waals surface area contributed by atoms with Crippen molar-refractivity contribution in [2.45, 2.75) is 19.1 Å². The smallest absolute Gasteiger partial charge is 0.366 e. The molecule has 1 N–H and O–H groups in total. The van der Waals surface area contributed by atoms with Crippen molar-refractivity contribution in [1.29, 1.82) is 5.26 Å². The molecule has 0 aromatic heterocycles. The first-order chi connectivity index (χ1) is 8.97. The van der Waals surface area contributed by atoms with Crippen molar-refractivity contribution in [1.82, 2.24) is 5.32 Å². The predicted molar refractivity (Wildman–Crippen MR) is 65.8 cm³/mol. The molecule has 102 valence electrons. The second-order valence-corrected chi connectivity index (χ2v) is 4.44. The Labute approximate surface area is 109 Å². The summed E-state index contributed by atoms with van der Waals surface area (Å²) in [7, 11) is 0. The number of alkyl halides is 3. The van der Waals surface area contributed by atoms with Gasteiger partial charge in [-0.3, -0.25) is 0 Å². The lowest BCUT2D eigenvalue weighted by atomic mass is 10.0. The molecule has 2 rings (SSSR count). The van der Waals surface area contributed by atoms with Crippen LogP contribution < -0.4 is 10.2 Å². The van der Waals surface area contributed by atoms with Crippen molar-refractivity contribution < 1.29 is 13.2 Å². The minimum atomic E-state index is -4.50. The first-order valence-electron chi connectivity index (χ1n) is 6.06. The topological polar surface area (TPSA) is 39.1 Å². The zero-order valence-corrected chi connectivity index (χ0v) is 10.5. The Bertz CT molecular complexity index is 501. The summed E-state index contributed by atoms with van der Waals surface area (Å²) in [6.45, 7) is 4.09. The van der Waals surface area contributed by atoms with E-state index < -0.39 is 11.7 Å². The number of hydrogen-bond acceptors (Lipinski definition) is 3. The van der Waals surface area contributed by atoms with Gasteiger partial charge in [0.1, 0.15) is 0 Å². The lowest BCUT2D eigenvalue weighted by molar-refractivity contribution is -0.137. The summed E-state index contributed by atoms with van der Waals surface area (Å²) in [5.74, 6) is 0. The Morgan fingerprint density at radius 2 is 2.11 bits per heavy atom. The van der Waals surface area contributed by atoms with Gasteiger partial charge in [0.15, 0.2) is 0 Å². The number of benzene rings is 1. The van der Waals surface area contributed by atoms with Crippen LogP contribution in [-0.4, -0.2) is 25.7 Å². The summed E-state index contributed by atoms with van der Waals surface area (Å²) in [6.07, 6.45) is -4.50. The number of halogens is 3. The quantitative estimate of drug-likeness (QED) is 0.915. The molecular formula is C13H14F3N3. The molecule has 0 bridgehead atoms. The summed E-state index contributed by atoms with van der Waals surface area (Å²) >= 11 is 0. The first kappa shape index (κ1) is 13.7. The standard InChI is InChI=1S/C13H14F3N3/c1-2-19(11-7-18-8-11)10-4-3-9(6-17)12(5-10)13(14,15)16/h3-5,11,18H,2,7-8H2,1H3. The predicted octanol–water partition coefficient (Wildman–Crippen LogP) is 2.38. The van der Waals surface area contributed by atoms with Crippen molar-refractivity contribution in [3.05, 3.63) is 29.3 Å². The third kappa shape index (κ3) is 2.66. The zero-order valence-electron chi connectivity index (χ0n) is 10.5. The molecule has 0 spiro atoms. The average molecular weight is 269 g/mol. The molecule has 0 saturated carbocycles. The number of rotatable bonds is 3. The molecule has 6 heteroatoms. The Kier molecular flexibility index (Phi) is 3.67. The van der Waals surface area contributed by atoms with Crippen molar-refractivity contribution in [2.75, 3.05) is 24.5 Å². The van der Waals surface area contributed by atoms with E-state index in [1.807, 2.05) is 11.8 Å². The SMILES string of the molecule is CCN(c1ccc(C#N)c(C(F)(F)F)c1)C1CNC1. The number of nitrogens with one attached hydrogen (secondary N) is 1. The van der Waals surface area contributed by atoms with E-state index in [0.29, 0.717) is 12.2 Å². The van der Waals surface area contributed by atoms with Crippen LogP contribution >= 0.6 is 0 Å². The molecule has 0 radical (unpaired) electrons. The number of anilines is 1.